The number of rotatable bonds is 0. The molecule has 1 rings (SSSR count). The van der Waals surface area contributed by atoms with E-state index in [1.165, 1.54) is 19.3 Å². The average molecular weight is 141 g/mol. The van der Waals surface area contributed by atoms with Crippen molar-refractivity contribution in [3.8, 4) is 0 Å². The summed E-state index contributed by atoms with van der Waals surface area (Å²) in [5.74, 6) is 0.726. The van der Waals surface area contributed by atoms with Gasteiger partial charge in [0.2, 0.25) is 0 Å². The molecule has 0 aliphatic heterocycles. The lowest BCUT2D eigenvalue weighted by Gasteiger charge is -2.40. The van der Waals surface area contributed by atoms with Gasteiger partial charge in [-0.15, -0.1) is 0 Å². The molecule has 0 bridgehead atoms. The first-order chi connectivity index (χ1) is 4.54. The van der Waals surface area contributed by atoms with Crippen molar-refractivity contribution in [2.75, 3.05) is 0 Å². The summed E-state index contributed by atoms with van der Waals surface area (Å²) >= 11 is 0. The van der Waals surface area contributed by atoms with Gasteiger partial charge in [0.15, 0.2) is 0 Å². The molecule has 10 heavy (non-hydrogen) atoms. The summed E-state index contributed by atoms with van der Waals surface area (Å²) in [6.45, 7) is 6.84. The van der Waals surface area contributed by atoms with Gasteiger partial charge in [-0.1, -0.05) is 27.2 Å². The van der Waals surface area contributed by atoms with Crippen LogP contribution in [-0.4, -0.2) is 6.04 Å². The molecule has 1 heteroatoms. The van der Waals surface area contributed by atoms with Gasteiger partial charge in [0.05, 0.1) is 0 Å². The van der Waals surface area contributed by atoms with Crippen LogP contribution in [-0.2, 0) is 0 Å². The zero-order valence-corrected chi connectivity index (χ0v) is 7.35. The van der Waals surface area contributed by atoms with E-state index in [-0.39, 0.29) is 0 Å². The topological polar surface area (TPSA) is 26.0 Å². The Morgan fingerprint density at radius 2 is 2.00 bits per heavy atom. The Labute approximate surface area is 64.0 Å². The Hall–Kier alpha value is -0.0400. The molecule has 1 nitrogen and oxygen atoms in total. The van der Waals surface area contributed by atoms with E-state index in [1.54, 1.807) is 0 Å². The average Bonchev–Trinajstić information content (AvgIpc) is 1.83. The van der Waals surface area contributed by atoms with Crippen LogP contribution in [0.25, 0.3) is 0 Å². The van der Waals surface area contributed by atoms with Crippen molar-refractivity contribution in [2.24, 2.45) is 17.1 Å². The van der Waals surface area contributed by atoms with Gasteiger partial charge in [-0.25, -0.2) is 0 Å². The maximum Gasteiger partial charge on any atom is 0.0116 e. The second-order valence-electron chi connectivity index (χ2n) is 4.38. The molecule has 0 unspecified atom stereocenters. The molecule has 0 aromatic carbocycles. The molecular formula is C9H19N. The summed E-state index contributed by atoms with van der Waals surface area (Å²) in [5.41, 5.74) is 6.44. The summed E-state index contributed by atoms with van der Waals surface area (Å²) in [5, 5.41) is 0. The van der Waals surface area contributed by atoms with Crippen LogP contribution in [0, 0.1) is 11.3 Å². The van der Waals surface area contributed by atoms with Crippen LogP contribution in [0.4, 0.5) is 0 Å². The highest BCUT2D eigenvalue weighted by molar-refractivity contribution is 4.88. The highest BCUT2D eigenvalue weighted by atomic mass is 14.7. The fourth-order valence-electron chi connectivity index (χ4n) is 2.00. The number of hydrogen-bond acceptors (Lipinski definition) is 1. The summed E-state index contributed by atoms with van der Waals surface area (Å²) < 4.78 is 0. The molecule has 0 radical (unpaired) electrons. The fraction of sp³-hybridized carbons (Fsp3) is 1.00. The summed E-state index contributed by atoms with van der Waals surface area (Å²) in [4.78, 5) is 0. The van der Waals surface area contributed by atoms with Gasteiger partial charge in [0.1, 0.15) is 0 Å². The largest absolute Gasteiger partial charge is 0.327 e. The highest BCUT2D eigenvalue weighted by Gasteiger charge is 2.33. The van der Waals surface area contributed by atoms with Gasteiger partial charge in [-0.05, 0) is 24.2 Å². The van der Waals surface area contributed by atoms with E-state index in [9.17, 15) is 0 Å². The van der Waals surface area contributed by atoms with Crippen LogP contribution in [0.1, 0.15) is 40.0 Å². The molecule has 1 aliphatic carbocycles. The minimum absolute atomic E-state index is 0.387. The first-order valence-electron chi connectivity index (χ1n) is 4.29. The van der Waals surface area contributed by atoms with Gasteiger partial charge < -0.3 is 5.73 Å². The molecule has 60 valence electrons. The molecule has 1 fully saturated rings. The van der Waals surface area contributed by atoms with Crippen molar-refractivity contribution >= 4 is 0 Å². The minimum Gasteiger partial charge on any atom is -0.327 e. The van der Waals surface area contributed by atoms with Gasteiger partial charge >= 0.3 is 0 Å². The SMILES string of the molecule is C[C@@H]1CCCC(C)(C)[C@H]1N. The van der Waals surface area contributed by atoms with Gasteiger partial charge in [0.25, 0.3) is 0 Å². The first-order valence-corrected chi connectivity index (χ1v) is 4.29. The molecule has 0 spiro atoms. The van der Waals surface area contributed by atoms with E-state index in [4.69, 9.17) is 5.73 Å². The van der Waals surface area contributed by atoms with Crippen LogP contribution in [0.5, 0.6) is 0 Å². The molecule has 0 heterocycles. The van der Waals surface area contributed by atoms with E-state index in [2.05, 4.69) is 20.8 Å². The summed E-state index contributed by atoms with van der Waals surface area (Å²) in [6.07, 6.45) is 3.99. The third-order valence-corrected chi connectivity index (χ3v) is 3.00. The number of nitrogens with two attached hydrogens (primary N) is 1. The van der Waals surface area contributed by atoms with Crippen LogP contribution < -0.4 is 5.73 Å². The van der Waals surface area contributed by atoms with Crippen molar-refractivity contribution < 1.29 is 0 Å². The van der Waals surface area contributed by atoms with E-state index < -0.39 is 0 Å². The summed E-state index contributed by atoms with van der Waals surface area (Å²) in [7, 11) is 0. The second kappa shape index (κ2) is 2.54. The van der Waals surface area contributed by atoms with E-state index in [1.807, 2.05) is 0 Å². The van der Waals surface area contributed by atoms with E-state index >= 15 is 0 Å². The Kier molecular flexibility index (Phi) is 2.04. The predicted molar refractivity (Wildman–Crippen MR) is 44.8 cm³/mol. The lowest BCUT2D eigenvalue weighted by molar-refractivity contribution is 0.149. The van der Waals surface area contributed by atoms with Crippen molar-refractivity contribution in [2.45, 2.75) is 46.1 Å². The molecule has 2 atom stereocenters. The molecule has 2 N–H and O–H groups in total. The molecule has 0 amide bonds. The smallest absolute Gasteiger partial charge is 0.0116 e. The molecule has 0 saturated heterocycles. The molecule has 1 aliphatic rings. The maximum atomic E-state index is 6.06. The molecular weight excluding hydrogens is 122 g/mol. The maximum absolute atomic E-state index is 6.06. The van der Waals surface area contributed by atoms with Crippen LogP contribution in [0.15, 0.2) is 0 Å². The lowest BCUT2D eigenvalue weighted by Crippen LogP contribution is -2.45. The number of hydrogen-bond donors (Lipinski definition) is 1. The molecule has 0 aromatic rings. The van der Waals surface area contributed by atoms with Gasteiger partial charge in [-0.2, -0.15) is 0 Å². The Morgan fingerprint density at radius 1 is 1.40 bits per heavy atom. The van der Waals surface area contributed by atoms with Crippen molar-refractivity contribution in [3.05, 3.63) is 0 Å². The quantitative estimate of drug-likeness (QED) is 0.549. The van der Waals surface area contributed by atoms with Crippen molar-refractivity contribution in [1.82, 2.24) is 0 Å². The lowest BCUT2D eigenvalue weighted by atomic mass is 9.69. The fourth-order valence-corrected chi connectivity index (χ4v) is 2.00. The van der Waals surface area contributed by atoms with E-state index in [0.717, 1.165) is 5.92 Å². The third-order valence-electron chi connectivity index (χ3n) is 3.00. The Morgan fingerprint density at radius 3 is 2.40 bits per heavy atom. The molecule has 0 aromatic heterocycles. The van der Waals surface area contributed by atoms with Crippen molar-refractivity contribution in [3.63, 3.8) is 0 Å². The van der Waals surface area contributed by atoms with Crippen LogP contribution >= 0.6 is 0 Å². The first kappa shape index (κ1) is 8.06. The molecule has 1 saturated carbocycles. The monoisotopic (exact) mass is 141 g/mol. The predicted octanol–water partition coefficient (Wildman–Crippen LogP) is 2.16. The summed E-state index contributed by atoms with van der Waals surface area (Å²) in [6, 6.07) is 0.418. The zero-order valence-electron chi connectivity index (χ0n) is 7.35. The van der Waals surface area contributed by atoms with E-state index in [0.29, 0.717) is 11.5 Å². The van der Waals surface area contributed by atoms with Gasteiger partial charge in [-0.3, -0.25) is 0 Å². The minimum atomic E-state index is 0.387. The van der Waals surface area contributed by atoms with Gasteiger partial charge in [0, 0.05) is 6.04 Å². The normalized spacial score (nSPS) is 39.6. The Balaban J connectivity index is 2.60. The second-order valence-corrected chi connectivity index (χ2v) is 4.38. The zero-order chi connectivity index (χ0) is 7.78. The van der Waals surface area contributed by atoms with Crippen LogP contribution in [0.3, 0.4) is 0 Å². The van der Waals surface area contributed by atoms with Crippen molar-refractivity contribution in [1.29, 1.82) is 0 Å². The third kappa shape index (κ3) is 1.34. The standard InChI is InChI=1S/C9H19N/c1-7-5-4-6-9(2,3)8(7)10/h7-8H,4-6,10H2,1-3H3/t7-,8+/m1/s1. The van der Waals surface area contributed by atoms with Crippen LogP contribution in [0.2, 0.25) is 0 Å². The highest BCUT2D eigenvalue weighted by Crippen LogP contribution is 2.37. The Bertz CT molecular complexity index is 118.